The third-order valence-electron chi connectivity index (χ3n) is 6.00. The molecule has 3 rings (SSSR count). The summed E-state index contributed by atoms with van der Waals surface area (Å²) < 4.78 is 28.6. The molecule has 0 saturated heterocycles. The predicted octanol–water partition coefficient (Wildman–Crippen LogP) is 5.70. The van der Waals surface area contributed by atoms with E-state index >= 15 is 0 Å². The van der Waals surface area contributed by atoms with Gasteiger partial charge in [-0.2, -0.15) is 0 Å². The number of hydrogen-bond acceptors (Lipinski definition) is 4. The lowest BCUT2D eigenvalue weighted by Gasteiger charge is -2.33. The summed E-state index contributed by atoms with van der Waals surface area (Å²) in [5.74, 6) is -1.00. The minimum absolute atomic E-state index is 0.00135. The van der Waals surface area contributed by atoms with Crippen LogP contribution in [0.3, 0.4) is 0 Å². The normalized spacial score (nSPS) is 12.1. The predicted molar refractivity (Wildman–Crippen MR) is 152 cm³/mol. The van der Waals surface area contributed by atoms with Gasteiger partial charge in [0.1, 0.15) is 12.6 Å². The van der Waals surface area contributed by atoms with E-state index in [9.17, 15) is 18.0 Å². The van der Waals surface area contributed by atoms with E-state index in [4.69, 9.17) is 34.8 Å². The number of likely N-dealkylation sites (N-methyl/N-ethyl adjacent to an activating group) is 1. The van der Waals surface area contributed by atoms with Crippen molar-refractivity contribution < 1.29 is 18.0 Å². The molecule has 3 aromatic carbocycles. The highest BCUT2D eigenvalue weighted by Gasteiger charge is 2.34. The van der Waals surface area contributed by atoms with Gasteiger partial charge in [-0.15, -0.1) is 0 Å². The maximum atomic E-state index is 13.9. The summed E-state index contributed by atoms with van der Waals surface area (Å²) in [6, 6.07) is 16.6. The third kappa shape index (κ3) is 6.80. The Morgan fingerprint density at radius 1 is 0.947 bits per heavy atom. The number of nitrogens with one attached hydrogen (secondary N) is 1. The standard InChI is InChI=1S/C27H28Cl3N3O4S/c1-4-24(27(35)31-3)32(16-19-11-12-20(28)15-23(19)30)26(34)17-33(25-8-6-5-7-22(25)29)38(36,37)21-13-9-18(2)10-14-21/h5-15,24H,4,16-17H2,1-3H3,(H,31,35)/t24-/m1/s1. The molecule has 0 fully saturated rings. The Hall–Kier alpha value is -2.78. The van der Waals surface area contributed by atoms with Gasteiger partial charge in [-0.25, -0.2) is 8.42 Å². The Bertz CT molecular complexity index is 1420. The molecule has 0 bridgehead atoms. The van der Waals surface area contributed by atoms with Gasteiger partial charge in [0.25, 0.3) is 10.0 Å². The van der Waals surface area contributed by atoms with E-state index in [1.54, 1.807) is 55.5 Å². The van der Waals surface area contributed by atoms with Gasteiger partial charge in [-0.3, -0.25) is 13.9 Å². The zero-order chi connectivity index (χ0) is 28.0. The lowest BCUT2D eigenvalue weighted by molar-refractivity contribution is -0.140. The molecular formula is C27H28Cl3N3O4S. The van der Waals surface area contributed by atoms with E-state index in [1.165, 1.54) is 30.1 Å². The number of sulfonamides is 1. The number of rotatable bonds is 10. The Balaban J connectivity index is 2.09. The van der Waals surface area contributed by atoms with Crippen molar-refractivity contribution in [1.82, 2.24) is 10.2 Å². The van der Waals surface area contributed by atoms with Gasteiger partial charge in [-0.1, -0.05) is 77.6 Å². The van der Waals surface area contributed by atoms with Crippen molar-refractivity contribution in [2.75, 3.05) is 17.9 Å². The van der Waals surface area contributed by atoms with E-state index < -0.39 is 34.4 Å². The third-order valence-corrected chi connectivity index (χ3v) is 8.68. The van der Waals surface area contributed by atoms with Gasteiger partial charge in [0.05, 0.1) is 15.6 Å². The largest absolute Gasteiger partial charge is 0.357 e. The summed E-state index contributed by atoms with van der Waals surface area (Å²) >= 11 is 18.8. The number of anilines is 1. The van der Waals surface area contributed by atoms with E-state index in [0.29, 0.717) is 15.6 Å². The first kappa shape index (κ1) is 29.8. The fourth-order valence-electron chi connectivity index (χ4n) is 3.92. The first-order valence-corrected chi connectivity index (χ1v) is 14.4. The Morgan fingerprint density at radius 2 is 1.61 bits per heavy atom. The highest BCUT2D eigenvalue weighted by molar-refractivity contribution is 7.92. The maximum absolute atomic E-state index is 13.9. The molecule has 1 N–H and O–H groups in total. The maximum Gasteiger partial charge on any atom is 0.264 e. The molecule has 0 saturated carbocycles. The first-order valence-electron chi connectivity index (χ1n) is 11.8. The number of hydrogen-bond donors (Lipinski definition) is 1. The molecule has 38 heavy (non-hydrogen) atoms. The van der Waals surface area contributed by atoms with Crippen LogP contribution in [0.4, 0.5) is 5.69 Å². The number of carbonyl (C=O) groups is 2. The SMILES string of the molecule is CC[C@H](C(=O)NC)N(Cc1ccc(Cl)cc1Cl)C(=O)CN(c1ccccc1Cl)S(=O)(=O)c1ccc(C)cc1. The number of nitrogens with zero attached hydrogens (tertiary/aromatic N) is 2. The van der Waals surface area contributed by atoms with Crippen molar-refractivity contribution in [3.05, 3.63) is 92.9 Å². The van der Waals surface area contributed by atoms with Gasteiger partial charge < -0.3 is 10.2 Å². The average molecular weight is 597 g/mol. The molecule has 1 atom stereocenters. The second kappa shape index (κ2) is 12.8. The monoisotopic (exact) mass is 595 g/mol. The molecule has 2 amide bonds. The minimum Gasteiger partial charge on any atom is -0.357 e. The molecule has 0 aliphatic carbocycles. The molecule has 11 heteroatoms. The number of halogens is 3. The van der Waals surface area contributed by atoms with Crippen LogP contribution in [0, 0.1) is 6.92 Å². The molecule has 0 aliphatic rings. The summed E-state index contributed by atoms with van der Waals surface area (Å²) in [7, 11) is -2.74. The molecule has 0 aliphatic heterocycles. The summed E-state index contributed by atoms with van der Waals surface area (Å²) in [6.07, 6.45) is 0.285. The Labute approximate surface area is 238 Å². The number of amides is 2. The number of para-hydroxylation sites is 1. The van der Waals surface area contributed by atoms with Crippen LogP contribution >= 0.6 is 34.8 Å². The number of aryl methyl sites for hydroxylation is 1. The van der Waals surface area contributed by atoms with Crippen LogP contribution in [0.15, 0.2) is 71.6 Å². The van der Waals surface area contributed by atoms with Crippen molar-refractivity contribution >= 4 is 62.3 Å². The van der Waals surface area contributed by atoms with Crippen LogP contribution in [-0.2, 0) is 26.2 Å². The molecular weight excluding hydrogens is 569 g/mol. The van der Waals surface area contributed by atoms with Gasteiger partial charge in [0.15, 0.2) is 0 Å². The summed E-state index contributed by atoms with van der Waals surface area (Å²) in [4.78, 5) is 28.0. The van der Waals surface area contributed by atoms with Crippen LogP contribution in [0.2, 0.25) is 15.1 Å². The molecule has 7 nitrogen and oxygen atoms in total. The zero-order valence-electron chi connectivity index (χ0n) is 21.1. The fraction of sp³-hybridized carbons (Fsp3) is 0.259. The minimum atomic E-state index is -4.21. The molecule has 0 heterocycles. The molecule has 202 valence electrons. The van der Waals surface area contributed by atoms with Crippen LogP contribution < -0.4 is 9.62 Å². The lowest BCUT2D eigenvalue weighted by atomic mass is 10.1. The van der Waals surface area contributed by atoms with E-state index in [2.05, 4.69) is 5.32 Å². The topological polar surface area (TPSA) is 86.8 Å². The summed E-state index contributed by atoms with van der Waals surface area (Å²) in [6.45, 7) is 2.97. The Morgan fingerprint density at radius 3 is 2.18 bits per heavy atom. The van der Waals surface area contributed by atoms with Gasteiger partial charge >= 0.3 is 0 Å². The lowest BCUT2D eigenvalue weighted by Crippen LogP contribution is -2.51. The van der Waals surface area contributed by atoms with Crippen LogP contribution in [-0.4, -0.2) is 44.8 Å². The number of benzene rings is 3. The second-order valence-corrected chi connectivity index (χ2v) is 11.7. The fourth-order valence-corrected chi connectivity index (χ4v) is 6.11. The van der Waals surface area contributed by atoms with Crippen LogP contribution in [0.5, 0.6) is 0 Å². The average Bonchev–Trinajstić information content (AvgIpc) is 2.88. The molecule has 0 spiro atoms. The van der Waals surface area contributed by atoms with Gasteiger partial charge in [0, 0.05) is 23.6 Å². The van der Waals surface area contributed by atoms with Crippen molar-refractivity contribution in [3.8, 4) is 0 Å². The first-order chi connectivity index (χ1) is 18.0. The second-order valence-electron chi connectivity index (χ2n) is 8.57. The van der Waals surface area contributed by atoms with Gasteiger partial charge in [0.2, 0.25) is 11.8 Å². The molecule has 0 unspecified atom stereocenters. The summed E-state index contributed by atoms with van der Waals surface area (Å²) in [5.41, 5.74) is 1.57. The van der Waals surface area contributed by atoms with E-state index in [0.717, 1.165) is 9.87 Å². The summed E-state index contributed by atoms with van der Waals surface area (Å²) in [5, 5.41) is 3.47. The quantitative estimate of drug-likeness (QED) is 0.325. The molecule has 0 radical (unpaired) electrons. The molecule has 3 aromatic rings. The zero-order valence-corrected chi connectivity index (χ0v) is 24.2. The van der Waals surface area contributed by atoms with Gasteiger partial charge in [-0.05, 0) is 55.3 Å². The van der Waals surface area contributed by atoms with Crippen molar-refractivity contribution in [2.45, 2.75) is 37.8 Å². The van der Waals surface area contributed by atoms with E-state index in [-0.39, 0.29) is 28.6 Å². The smallest absolute Gasteiger partial charge is 0.264 e. The number of carbonyl (C=O) groups excluding carboxylic acids is 2. The van der Waals surface area contributed by atoms with Crippen LogP contribution in [0.25, 0.3) is 0 Å². The van der Waals surface area contributed by atoms with Crippen molar-refractivity contribution in [3.63, 3.8) is 0 Å². The molecule has 0 aromatic heterocycles. The van der Waals surface area contributed by atoms with Crippen LogP contribution in [0.1, 0.15) is 24.5 Å². The highest BCUT2D eigenvalue weighted by atomic mass is 35.5. The highest BCUT2D eigenvalue weighted by Crippen LogP contribution is 2.31. The Kier molecular flexibility index (Phi) is 10.1. The van der Waals surface area contributed by atoms with E-state index in [1.807, 2.05) is 6.92 Å². The van der Waals surface area contributed by atoms with Crippen molar-refractivity contribution in [1.29, 1.82) is 0 Å². The van der Waals surface area contributed by atoms with Crippen molar-refractivity contribution in [2.24, 2.45) is 0 Å².